The first-order valence-corrected chi connectivity index (χ1v) is 9.89. The number of nitrogen functional groups attached to an aromatic ring is 1. The molecule has 0 aliphatic rings. The molecule has 0 fully saturated rings. The van der Waals surface area contributed by atoms with Gasteiger partial charge in [0, 0.05) is 18.2 Å². The van der Waals surface area contributed by atoms with Gasteiger partial charge in [-0.1, -0.05) is 36.4 Å². The Morgan fingerprint density at radius 1 is 0.938 bits per heavy atom. The highest BCUT2D eigenvalue weighted by molar-refractivity contribution is 6.03. The summed E-state index contributed by atoms with van der Waals surface area (Å²) in [6, 6.07) is 18.3. The van der Waals surface area contributed by atoms with Crippen molar-refractivity contribution < 1.29 is 23.7 Å². The van der Waals surface area contributed by atoms with Gasteiger partial charge in [-0.15, -0.1) is 0 Å². The molecule has 0 radical (unpaired) electrons. The molecule has 0 unspecified atom stereocenters. The van der Waals surface area contributed by atoms with Crippen molar-refractivity contribution in [3.63, 3.8) is 0 Å². The highest BCUT2D eigenvalue weighted by Crippen LogP contribution is 2.40. The summed E-state index contributed by atoms with van der Waals surface area (Å²) < 4.78 is 21.9. The zero-order valence-electron chi connectivity index (χ0n) is 18.3. The van der Waals surface area contributed by atoms with E-state index in [4.69, 9.17) is 24.7 Å². The molecular formula is C25H26N2O5. The van der Waals surface area contributed by atoms with E-state index in [2.05, 4.69) is 5.32 Å². The van der Waals surface area contributed by atoms with Gasteiger partial charge in [-0.2, -0.15) is 0 Å². The Hall–Kier alpha value is -4.13. The summed E-state index contributed by atoms with van der Waals surface area (Å²) in [7, 11) is 4.67. The standard InChI is InChI=1S/C25H26N2O5/c1-29-22-14-19(15-23(30-2)25(22)31-3)32-16-18-10-8-17(9-11-18)12-13-24(28)27-21-7-5-4-6-20(21)26/h4-15H,16,26H2,1-3H3,(H,27,28)/b13-12+. The quantitative estimate of drug-likeness (QED) is 0.380. The zero-order valence-corrected chi connectivity index (χ0v) is 18.3. The van der Waals surface area contributed by atoms with Crippen molar-refractivity contribution >= 4 is 23.4 Å². The Kier molecular flexibility index (Phi) is 7.59. The molecule has 0 heterocycles. The number of nitrogens with one attached hydrogen (secondary N) is 1. The van der Waals surface area contributed by atoms with E-state index in [1.165, 1.54) is 6.08 Å². The van der Waals surface area contributed by atoms with Crippen LogP contribution in [0.4, 0.5) is 11.4 Å². The molecule has 3 aromatic rings. The number of carbonyl (C=O) groups is 1. The lowest BCUT2D eigenvalue weighted by Gasteiger charge is -2.14. The van der Waals surface area contributed by atoms with Gasteiger partial charge in [0.1, 0.15) is 12.4 Å². The van der Waals surface area contributed by atoms with Crippen LogP contribution in [-0.2, 0) is 11.4 Å². The van der Waals surface area contributed by atoms with Crippen molar-refractivity contribution in [3.8, 4) is 23.0 Å². The minimum atomic E-state index is -0.252. The van der Waals surface area contributed by atoms with Crippen molar-refractivity contribution in [1.82, 2.24) is 0 Å². The topological polar surface area (TPSA) is 92.0 Å². The average Bonchev–Trinajstić information content (AvgIpc) is 2.82. The molecule has 3 rings (SSSR count). The van der Waals surface area contributed by atoms with Crippen LogP contribution in [0.3, 0.4) is 0 Å². The predicted molar refractivity (Wildman–Crippen MR) is 125 cm³/mol. The fraction of sp³-hybridized carbons (Fsp3) is 0.160. The molecule has 0 atom stereocenters. The van der Waals surface area contributed by atoms with E-state index in [9.17, 15) is 4.79 Å². The highest BCUT2D eigenvalue weighted by atomic mass is 16.5. The van der Waals surface area contributed by atoms with Crippen molar-refractivity contribution in [1.29, 1.82) is 0 Å². The van der Waals surface area contributed by atoms with Crippen LogP contribution in [0.2, 0.25) is 0 Å². The minimum Gasteiger partial charge on any atom is -0.493 e. The third kappa shape index (κ3) is 5.72. The SMILES string of the molecule is COc1cc(OCc2ccc(/C=C/C(=O)Nc3ccccc3N)cc2)cc(OC)c1OC. The van der Waals surface area contributed by atoms with E-state index in [0.29, 0.717) is 41.0 Å². The molecule has 0 aromatic heterocycles. The number of carbonyl (C=O) groups excluding carboxylic acids is 1. The number of ether oxygens (including phenoxy) is 4. The van der Waals surface area contributed by atoms with E-state index < -0.39 is 0 Å². The second-order valence-electron chi connectivity index (χ2n) is 6.80. The molecule has 3 N–H and O–H groups in total. The number of hydrogen-bond donors (Lipinski definition) is 2. The number of anilines is 2. The lowest BCUT2D eigenvalue weighted by atomic mass is 10.1. The van der Waals surface area contributed by atoms with Crippen molar-refractivity contribution in [2.45, 2.75) is 6.61 Å². The van der Waals surface area contributed by atoms with Gasteiger partial charge in [-0.25, -0.2) is 0 Å². The first-order chi connectivity index (χ1) is 15.5. The smallest absolute Gasteiger partial charge is 0.248 e. The van der Waals surface area contributed by atoms with Crippen LogP contribution in [0.15, 0.2) is 66.7 Å². The number of hydrogen-bond acceptors (Lipinski definition) is 6. The van der Waals surface area contributed by atoms with Crippen LogP contribution < -0.4 is 30.0 Å². The molecule has 0 bridgehead atoms. The van der Waals surface area contributed by atoms with Crippen LogP contribution >= 0.6 is 0 Å². The Labute approximate surface area is 187 Å². The maximum Gasteiger partial charge on any atom is 0.248 e. The van der Waals surface area contributed by atoms with Gasteiger partial charge < -0.3 is 30.0 Å². The highest BCUT2D eigenvalue weighted by Gasteiger charge is 2.14. The van der Waals surface area contributed by atoms with E-state index in [-0.39, 0.29) is 5.91 Å². The van der Waals surface area contributed by atoms with Gasteiger partial charge in [-0.05, 0) is 29.3 Å². The van der Waals surface area contributed by atoms with E-state index >= 15 is 0 Å². The summed E-state index contributed by atoms with van der Waals surface area (Å²) in [5.74, 6) is 1.91. The van der Waals surface area contributed by atoms with E-state index in [1.807, 2.05) is 36.4 Å². The number of nitrogens with two attached hydrogens (primary N) is 1. The molecular weight excluding hydrogens is 408 g/mol. The largest absolute Gasteiger partial charge is 0.493 e. The van der Waals surface area contributed by atoms with Crippen molar-refractivity contribution in [2.75, 3.05) is 32.4 Å². The molecule has 0 saturated carbocycles. The Morgan fingerprint density at radius 2 is 1.59 bits per heavy atom. The summed E-state index contributed by atoms with van der Waals surface area (Å²) >= 11 is 0. The molecule has 166 valence electrons. The summed E-state index contributed by atoms with van der Waals surface area (Å²) in [6.07, 6.45) is 3.20. The minimum absolute atomic E-state index is 0.252. The third-order valence-electron chi connectivity index (χ3n) is 4.67. The number of benzene rings is 3. The number of rotatable bonds is 9. The summed E-state index contributed by atoms with van der Waals surface area (Å²) in [4.78, 5) is 12.1. The normalized spacial score (nSPS) is 10.6. The van der Waals surface area contributed by atoms with E-state index in [1.54, 1.807) is 51.7 Å². The molecule has 1 amide bonds. The fourth-order valence-electron chi connectivity index (χ4n) is 2.99. The number of amides is 1. The maximum atomic E-state index is 12.1. The Morgan fingerprint density at radius 3 is 2.19 bits per heavy atom. The predicted octanol–water partition coefficient (Wildman–Crippen LogP) is 4.53. The van der Waals surface area contributed by atoms with Crippen molar-refractivity contribution in [3.05, 3.63) is 77.9 Å². The molecule has 3 aromatic carbocycles. The van der Waals surface area contributed by atoms with Crippen molar-refractivity contribution in [2.24, 2.45) is 0 Å². The second kappa shape index (κ2) is 10.8. The van der Waals surface area contributed by atoms with Crippen LogP contribution in [0.5, 0.6) is 23.0 Å². The molecule has 0 spiro atoms. The number of para-hydroxylation sites is 2. The van der Waals surface area contributed by atoms with Crippen LogP contribution in [-0.4, -0.2) is 27.2 Å². The lowest BCUT2D eigenvalue weighted by molar-refractivity contribution is -0.111. The third-order valence-corrected chi connectivity index (χ3v) is 4.67. The molecule has 7 heteroatoms. The first-order valence-electron chi connectivity index (χ1n) is 9.89. The summed E-state index contributed by atoms with van der Waals surface area (Å²) in [5.41, 5.74) is 8.80. The Bertz CT molecular complexity index is 1070. The van der Waals surface area contributed by atoms with Gasteiger partial charge in [0.25, 0.3) is 0 Å². The van der Waals surface area contributed by atoms with Gasteiger partial charge in [-0.3, -0.25) is 4.79 Å². The lowest BCUT2D eigenvalue weighted by Crippen LogP contribution is -2.09. The maximum absolute atomic E-state index is 12.1. The van der Waals surface area contributed by atoms with Gasteiger partial charge in [0.2, 0.25) is 11.7 Å². The summed E-state index contributed by atoms with van der Waals surface area (Å²) in [5, 5.41) is 2.76. The molecule has 0 aliphatic heterocycles. The van der Waals surface area contributed by atoms with Crippen LogP contribution in [0.25, 0.3) is 6.08 Å². The van der Waals surface area contributed by atoms with E-state index in [0.717, 1.165) is 11.1 Å². The number of methoxy groups -OCH3 is 3. The monoisotopic (exact) mass is 434 g/mol. The summed E-state index contributed by atoms with van der Waals surface area (Å²) in [6.45, 7) is 0.358. The molecule has 0 saturated heterocycles. The average molecular weight is 434 g/mol. The zero-order chi connectivity index (χ0) is 22.9. The van der Waals surface area contributed by atoms with Gasteiger partial charge in [0.15, 0.2) is 11.5 Å². The Balaban J connectivity index is 1.60. The van der Waals surface area contributed by atoms with Crippen LogP contribution in [0.1, 0.15) is 11.1 Å². The van der Waals surface area contributed by atoms with Gasteiger partial charge in [0.05, 0.1) is 32.7 Å². The second-order valence-corrected chi connectivity index (χ2v) is 6.80. The molecule has 0 aliphatic carbocycles. The van der Waals surface area contributed by atoms with Gasteiger partial charge >= 0.3 is 0 Å². The van der Waals surface area contributed by atoms with Crippen LogP contribution in [0, 0.1) is 0 Å². The first kappa shape index (κ1) is 22.6. The fourth-order valence-corrected chi connectivity index (χ4v) is 2.99. The molecule has 7 nitrogen and oxygen atoms in total. The molecule has 32 heavy (non-hydrogen) atoms.